The van der Waals surface area contributed by atoms with Crippen LogP contribution in [0.4, 0.5) is 5.82 Å². The van der Waals surface area contributed by atoms with Gasteiger partial charge in [0, 0.05) is 29.6 Å². The van der Waals surface area contributed by atoms with Crippen LogP contribution in [0.25, 0.3) is 11.2 Å². The van der Waals surface area contributed by atoms with E-state index in [0.717, 1.165) is 4.90 Å². The summed E-state index contributed by atoms with van der Waals surface area (Å²) in [7, 11) is -3.51. The number of rotatable bonds is 6. The number of nitrogens with zero attached hydrogens (tertiary/aromatic N) is 4. The van der Waals surface area contributed by atoms with Gasteiger partial charge in [0.2, 0.25) is 16.8 Å². The van der Waals surface area contributed by atoms with Crippen LogP contribution in [0.3, 0.4) is 0 Å². The molecular weight excluding hydrogens is 452 g/mol. The smallest absolute Gasteiger partial charge is 0.231 e. The number of ether oxygens (including phenoxy) is 2. The fraction of sp³-hybridized carbons (Fsp3) is 0.350. The fourth-order valence-corrected chi connectivity index (χ4v) is 4.75. The predicted octanol–water partition coefficient (Wildman–Crippen LogP) is 1.99. The maximum atomic E-state index is 12.4. The highest BCUT2D eigenvalue weighted by Crippen LogP contribution is 2.41. The van der Waals surface area contributed by atoms with Crippen LogP contribution in [0.5, 0.6) is 11.5 Å². The van der Waals surface area contributed by atoms with Gasteiger partial charge in [-0.05, 0) is 26.8 Å². The monoisotopic (exact) mass is 474 g/mol. The molecule has 0 aliphatic carbocycles. The first-order chi connectivity index (χ1) is 15.1. The summed E-state index contributed by atoms with van der Waals surface area (Å²) in [6.07, 6.45) is 7.04. The Morgan fingerprint density at radius 3 is 2.69 bits per heavy atom. The molecule has 168 valence electrons. The van der Waals surface area contributed by atoms with Crippen molar-refractivity contribution < 1.29 is 17.9 Å². The number of terminal acetylenes is 1. The molecule has 0 saturated heterocycles. The van der Waals surface area contributed by atoms with Crippen LogP contribution < -0.4 is 19.9 Å². The van der Waals surface area contributed by atoms with Gasteiger partial charge in [0.25, 0.3) is 0 Å². The van der Waals surface area contributed by atoms with Gasteiger partial charge in [-0.15, -0.1) is 6.42 Å². The number of benzene rings is 1. The number of nitrogens with one attached hydrogen (secondary N) is 1. The summed E-state index contributed by atoms with van der Waals surface area (Å²) in [6, 6.07) is 3.53. The summed E-state index contributed by atoms with van der Waals surface area (Å²) in [5, 5.41) is 0.539. The lowest BCUT2D eigenvalue weighted by atomic mass is 10.2. The third-order valence-corrected chi connectivity index (χ3v) is 8.04. The van der Waals surface area contributed by atoms with Crippen LogP contribution in [0, 0.1) is 12.3 Å². The molecule has 32 heavy (non-hydrogen) atoms. The van der Waals surface area contributed by atoms with E-state index in [2.05, 4.69) is 25.6 Å². The third-order valence-electron chi connectivity index (χ3n) is 4.79. The van der Waals surface area contributed by atoms with E-state index in [9.17, 15) is 8.42 Å². The van der Waals surface area contributed by atoms with Crippen molar-refractivity contribution in [1.29, 1.82) is 0 Å². The Bertz CT molecular complexity index is 1340. The number of fused-ring (bicyclic) bond motifs is 2. The molecule has 0 radical (unpaired) electrons. The largest absolute Gasteiger partial charge is 0.454 e. The van der Waals surface area contributed by atoms with Gasteiger partial charge in [0.1, 0.15) is 6.33 Å². The first kappa shape index (κ1) is 22.2. The molecule has 1 aliphatic heterocycles. The van der Waals surface area contributed by atoms with Crippen molar-refractivity contribution >= 4 is 38.8 Å². The first-order valence-electron chi connectivity index (χ1n) is 9.65. The number of aromatic nitrogens is 4. The summed E-state index contributed by atoms with van der Waals surface area (Å²) in [6.45, 7) is 5.46. The van der Waals surface area contributed by atoms with E-state index < -0.39 is 14.8 Å². The van der Waals surface area contributed by atoms with Crippen molar-refractivity contribution in [2.45, 2.75) is 42.1 Å². The molecule has 2 aromatic heterocycles. The quantitative estimate of drug-likeness (QED) is 0.514. The van der Waals surface area contributed by atoms with Crippen molar-refractivity contribution in [2.75, 3.05) is 19.1 Å². The zero-order chi connectivity index (χ0) is 23.1. The number of anilines is 1. The molecule has 12 heteroatoms. The Balaban J connectivity index is 1.70. The number of nitrogen functional groups attached to an aromatic ring is 1. The molecule has 4 rings (SSSR count). The number of nitrogens with two attached hydrogens (primary N) is 1. The van der Waals surface area contributed by atoms with Crippen molar-refractivity contribution in [2.24, 2.45) is 0 Å². The summed E-state index contributed by atoms with van der Waals surface area (Å²) >= 11 is 1.30. The predicted molar refractivity (Wildman–Crippen MR) is 121 cm³/mol. The van der Waals surface area contributed by atoms with E-state index in [1.165, 1.54) is 18.1 Å². The summed E-state index contributed by atoms with van der Waals surface area (Å²) in [4.78, 5) is 13.6. The second-order valence-corrected chi connectivity index (χ2v) is 11.5. The molecule has 0 saturated carbocycles. The van der Waals surface area contributed by atoms with Crippen molar-refractivity contribution in [3.63, 3.8) is 0 Å². The van der Waals surface area contributed by atoms with Gasteiger partial charge < -0.3 is 19.8 Å². The highest BCUT2D eigenvalue weighted by Gasteiger charge is 2.28. The molecule has 0 atom stereocenters. The van der Waals surface area contributed by atoms with Gasteiger partial charge in [-0.2, -0.15) is 0 Å². The van der Waals surface area contributed by atoms with Gasteiger partial charge in [-0.3, -0.25) is 0 Å². The molecule has 1 aromatic carbocycles. The van der Waals surface area contributed by atoms with Crippen molar-refractivity contribution in [3.8, 4) is 23.8 Å². The Morgan fingerprint density at radius 2 is 2.00 bits per heavy atom. The Hall–Kier alpha value is -3.01. The average Bonchev–Trinajstić information content (AvgIpc) is 3.31. The average molecular weight is 475 g/mol. The Morgan fingerprint density at radius 1 is 1.28 bits per heavy atom. The van der Waals surface area contributed by atoms with Gasteiger partial charge in [0.05, 0.1) is 4.75 Å². The SMILES string of the molecule is C#Cc1cc2c(cc1Sc1nc3c(N)ncnc3n1CCNS(=O)(=O)C(C)(C)C)OCO2. The first-order valence-corrected chi connectivity index (χ1v) is 11.9. The van der Waals surface area contributed by atoms with E-state index in [4.69, 9.17) is 21.6 Å². The van der Waals surface area contributed by atoms with Crippen LogP contribution in [-0.4, -0.2) is 46.0 Å². The third kappa shape index (κ3) is 4.06. The molecule has 0 amide bonds. The summed E-state index contributed by atoms with van der Waals surface area (Å²) in [5.41, 5.74) is 7.54. The molecule has 0 unspecified atom stereocenters. The molecule has 3 heterocycles. The lowest BCUT2D eigenvalue weighted by molar-refractivity contribution is 0.174. The lowest BCUT2D eigenvalue weighted by Gasteiger charge is -2.20. The van der Waals surface area contributed by atoms with Crippen molar-refractivity contribution in [3.05, 3.63) is 24.0 Å². The van der Waals surface area contributed by atoms with Gasteiger partial charge in [-0.1, -0.05) is 17.7 Å². The van der Waals surface area contributed by atoms with Gasteiger partial charge in [-0.25, -0.2) is 28.1 Å². The molecular formula is C20H22N6O4S2. The normalized spacial score (nSPS) is 13.4. The number of hydrogen-bond acceptors (Lipinski definition) is 9. The van der Waals surface area contributed by atoms with E-state index in [1.54, 1.807) is 37.5 Å². The maximum Gasteiger partial charge on any atom is 0.231 e. The highest BCUT2D eigenvalue weighted by atomic mass is 32.2. The van der Waals surface area contributed by atoms with Gasteiger partial charge in [0.15, 0.2) is 33.6 Å². The number of sulfonamides is 1. The maximum absolute atomic E-state index is 12.4. The molecule has 0 spiro atoms. The summed E-state index contributed by atoms with van der Waals surface area (Å²) in [5.74, 6) is 4.06. The van der Waals surface area contributed by atoms with Crippen LogP contribution in [0.1, 0.15) is 26.3 Å². The zero-order valence-electron chi connectivity index (χ0n) is 17.7. The van der Waals surface area contributed by atoms with Crippen LogP contribution in [0.15, 0.2) is 28.5 Å². The second-order valence-electron chi connectivity index (χ2n) is 7.94. The zero-order valence-corrected chi connectivity index (χ0v) is 19.4. The minimum absolute atomic E-state index is 0.131. The second kappa shape index (κ2) is 8.16. The van der Waals surface area contributed by atoms with Crippen molar-refractivity contribution in [1.82, 2.24) is 24.2 Å². The topological polar surface area (TPSA) is 134 Å². The van der Waals surface area contributed by atoms with E-state index in [1.807, 2.05) is 0 Å². The molecule has 0 bridgehead atoms. The summed E-state index contributed by atoms with van der Waals surface area (Å²) < 4.78 is 39.2. The number of hydrogen-bond donors (Lipinski definition) is 2. The van der Waals surface area contributed by atoms with Crippen LogP contribution in [0.2, 0.25) is 0 Å². The molecule has 10 nitrogen and oxygen atoms in total. The van der Waals surface area contributed by atoms with Crippen LogP contribution >= 0.6 is 11.8 Å². The van der Waals surface area contributed by atoms with E-state index in [0.29, 0.717) is 33.4 Å². The lowest BCUT2D eigenvalue weighted by Crippen LogP contribution is -2.40. The molecule has 3 aromatic rings. The minimum Gasteiger partial charge on any atom is -0.454 e. The Kier molecular flexibility index (Phi) is 5.66. The molecule has 3 N–H and O–H groups in total. The molecule has 0 fully saturated rings. The van der Waals surface area contributed by atoms with E-state index in [-0.39, 0.29) is 25.7 Å². The van der Waals surface area contributed by atoms with Gasteiger partial charge >= 0.3 is 0 Å². The van der Waals surface area contributed by atoms with Crippen LogP contribution in [-0.2, 0) is 16.6 Å². The molecule has 1 aliphatic rings. The number of imidazole rings is 1. The fourth-order valence-electron chi connectivity index (χ4n) is 2.94. The highest BCUT2D eigenvalue weighted by molar-refractivity contribution is 7.99. The Labute approximate surface area is 190 Å². The standard InChI is InChI=1S/C20H22N6O4S2/c1-5-12-8-13-14(30-11-29-13)9-15(12)31-19-25-16-17(21)22-10-23-18(16)26(19)7-6-24-32(27,28)20(2,3)4/h1,8-10,24H,6-7,11H2,2-4H3,(H2,21,22,23). The van der Waals surface area contributed by atoms with E-state index >= 15 is 0 Å². The minimum atomic E-state index is -3.51.